The molecule has 1 aromatic rings. The van der Waals surface area contributed by atoms with Gasteiger partial charge in [-0.05, 0) is 31.0 Å². The average molecular weight is 440 g/mol. The summed E-state index contributed by atoms with van der Waals surface area (Å²) in [5, 5.41) is 11.1. The summed E-state index contributed by atoms with van der Waals surface area (Å²) in [6.45, 7) is 3.78. The van der Waals surface area contributed by atoms with E-state index in [1.54, 1.807) is 29.2 Å². The Morgan fingerprint density at radius 1 is 1.38 bits per heavy atom. The van der Waals surface area contributed by atoms with Crippen molar-refractivity contribution in [2.45, 2.75) is 19.8 Å². The molecule has 1 aliphatic heterocycles. The van der Waals surface area contributed by atoms with Crippen molar-refractivity contribution in [3.05, 3.63) is 40.7 Å². The third-order valence-electron chi connectivity index (χ3n) is 5.12. The molecule has 2 N–H and O–H groups in total. The molecular formula is C19H24ClN4O4S-. The lowest BCUT2D eigenvalue weighted by Crippen LogP contribution is -2.47. The summed E-state index contributed by atoms with van der Waals surface area (Å²) < 4.78 is 29.5. The lowest BCUT2D eigenvalue weighted by atomic mass is 10.2. The lowest BCUT2D eigenvalue weighted by Gasteiger charge is -2.37. The minimum absolute atomic E-state index is 0.0485. The molecule has 2 fully saturated rings. The van der Waals surface area contributed by atoms with Crippen LogP contribution in [0.15, 0.2) is 35.7 Å². The number of nitrogens with one attached hydrogen (secondary N) is 2. The zero-order valence-electron chi connectivity index (χ0n) is 16.2. The van der Waals surface area contributed by atoms with Crippen molar-refractivity contribution in [1.29, 1.82) is 5.41 Å². The van der Waals surface area contributed by atoms with Crippen LogP contribution in [0.2, 0.25) is 5.02 Å². The van der Waals surface area contributed by atoms with Crippen molar-refractivity contribution in [3.8, 4) is 0 Å². The number of rotatable bonds is 8. The first-order chi connectivity index (χ1) is 13.8. The summed E-state index contributed by atoms with van der Waals surface area (Å²) in [6, 6.07) is 6.79. The van der Waals surface area contributed by atoms with Gasteiger partial charge in [-0.3, -0.25) is 9.00 Å². The Labute approximate surface area is 177 Å². The van der Waals surface area contributed by atoms with Crippen molar-refractivity contribution in [2.24, 2.45) is 5.41 Å². The third-order valence-corrected chi connectivity index (χ3v) is 6.14. The van der Waals surface area contributed by atoms with Gasteiger partial charge in [-0.2, -0.15) is 0 Å². The van der Waals surface area contributed by atoms with E-state index in [2.05, 4.69) is 12.2 Å². The van der Waals surface area contributed by atoms with Crippen molar-refractivity contribution in [2.75, 3.05) is 38.1 Å². The predicted molar refractivity (Wildman–Crippen MR) is 111 cm³/mol. The molecular weight excluding hydrogens is 416 g/mol. The zero-order chi connectivity index (χ0) is 21.0. The van der Waals surface area contributed by atoms with E-state index >= 15 is 0 Å². The maximum absolute atomic E-state index is 13.0. The van der Waals surface area contributed by atoms with Gasteiger partial charge in [0.2, 0.25) is 5.76 Å². The summed E-state index contributed by atoms with van der Waals surface area (Å²) >= 11 is 3.72. The van der Waals surface area contributed by atoms with Crippen molar-refractivity contribution in [3.63, 3.8) is 0 Å². The molecule has 8 nitrogen and oxygen atoms in total. The number of hydrogen-bond acceptors (Lipinski definition) is 6. The number of allylic oxidation sites excluding steroid dienone is 1. The summed E-state index contributed by atoms with van der Waals surface area (Å²) in [5.41, 5.74) is 0.912. The largest absolute Gasteiger partial charge is 0.760 e. The molecule has 1 saturated heterocycles. The second-order valence-electron chi connectivity index (χ2n) is 7.56. The van der Waals surface area contributed by atoms with Gasteiger partial charge in [0.15, 0.2) is 0 Å². The number of benzene rings is 1. The number of hydrogen-bond donors (Lipinski definition) is 2. The second-order valence-corrected chi connectivity index (χ2v) is 8.94. The van der Waals surface area contributed by atoms with Gasteiger partial charge >= 0.3 is 0 Å². The van der Waals surface area contributed by atoms with E-state index in [9.17, 15) is 13.6 Å². The maximum atomic E-state index is 13.0. The number of carbonyl (C=O) groups excluding carboxylic acids is 1. The quantitative estimate of drug-likeness (QED) is 0.280. The predicted octanol–water partition coefficient (Wildman–Crippen LogP) is 2.37. The molecule has 0 bridgehead atoms. The fraction of sp³-hybridized carbons (Fsp3) is 0.474. The number of nitrogens with zero attached hydrogens (tertiary/aromatic N) is 2. The monoisotopic (exact) mass is 439 g/mol. The summed E-state index contributed by atoms with van der Waals surface area (Å²) in [4.78, 5) is 14.8. The molecule has 3 rings (SSSR count). The number of anilines is 1. The van der Waals surface area contributed by atoms with Crippen LogP contribution in [0.1, 0.15) is 19.8 Å². The molecule has 1 heterocycles. The van der Waals surface area contributed by atoms with E-state index in [1.807, 2.05) is 0 Å². The van der Waals surface area contributed by atoms with Crippen LogP contribution in [0.25, 0.3) is 0 Å². The van der Waals surface area contributed by atoms with Crippen LogP contribution in [-0.2, 0) is 20.8 Å². The first-order valence-corrected chi connectivity index (χ1v) is 10.8. The number of amides is 1. The fourth-order valence-electron chi connectivity index (χ4n) is 2.99. The molecule has 1 unspecified atom stereocenters. The molecule has 2 aliphatic rings. The molecule has 1 amide bonds. The number of halogens is 1. The Balaban J connectivity index is 1.82. The first kappa shape index (κ1) is 21.8. The van der Waals surface area contributed by atoms with Gasteiger partial charge in [0, 0.05) is 59.8 Å². The SMILES string of the molecule is CC1(CO/C(C(=O)Nc2cccc(Cl)c2)=C(/C=N)N2CCN(S(=O)[O-])CC2)CC1. The van der Waals surface area contributed by atoms with E-state index in [1.165, 1.54) is 4.31 Å². The topological polar surface area (TPSA) is 109 Å². The minimum Gasteiger partial charge on any atom is -0.760 e. The standard InChI is InChI=1S/C19H25ClN4O4S/c1-19(5-6-19)13-28-17(18(25)22-15-4-2-3-14(20)11-15)16(12-21)23-7-9-24(10-8-23)29(26)27/h2-4,11-12,21H,5-10,13H2,1H3,(H,22,25)(H,26,27)/p-1/b17-16-,21-12?. The highest BCUT2D eigenvalue weighted by Crippen LogP contribution is 2.45. The zero-order valence-corrected chi connectivity index (χ0v) is 17.7. The third kappa shape index (κ3) is 5.79. The molecule has 1 aliphatic carbocycles. The molecule has 0 spiro atoms. The van der Waals surface area contributed by atoms with Gasteiger partial charge in [-0.15, -0.1) is 0 Å². The molecule has 0 aromatic heterocycles. The number of carbonyl (C=O) groups is 1. The van der Waals surface area contributed by atoms with Crippen LogP contribution in [0, 0.1) is 10.8 Å². The van der Waals surface area contributed by atoms with Crippen molar-refractivity contribution in [1.82, 2.24) is 9.21 Å². The molecule has 1 aromatic carbocycles. The number of piperazine rings is 1. The molecule has 1 saturated carbocycles. The van der Waals surface area contributed by atoms with Crippen molar-refractivity contribution >= 4 is 40.7 Å². The Morgan fingerprint density at radius 3 is 2.62 bits per heavy atom. The fourth-order valence-corrected chi connectivity index (χ4v) is 3.64. The molecule has 1 atom stereocenters. The highest BCUT2D eigenvalue weighted by molar-refractivity contribution is 7.76. The Kier molecular flexibility index (Phi) is 6.94. The van der Waals surface area contributed by atoms with Crippen LogP contribution >= 0.6 is 11.6 Å². The van der Waals surface area contributed by atoms with Crippen LogP contribution in [0.4, 0.5) is 5.69 Å². The van der Waals surface area contributed by atoms with Crippen LogP contribution in [0.3, 0.4) is 0 Å². The highest BCUT2D eigenvalue weighted by atomic mass is 35.5. The average Bonchev–Trinajstić information content (AvgIpc) is 3.42. The maximum Gasteiger partial charge on any atom is 0.293 e. The summed E-state index contributed by atoms with van der Waals surface area (Å²) in [6.07, 6.45) is 3.15. The van der Waals surface area contributed by atoms with Crippen molar-refractivity contribution < 1.29 is 18.3 Å². The van der Waals surface area contributed by atoms with Crippen LogP contribution < -0.4 is 5.32 Å². The van der Waals surface area contributed by atoms with E-state index < -0.39 is 17.2 Å². The second kappa shape index (κ2) is 9.25. The lowest BCUT2D eigenvalue weighted by molar-refractivity contribution is -0.116. The minimum atomic E-state index is -2.28. The van der Waals surface area contributed by atoms with Gasteiger partial charge in [0.05, 0.1) is 6.61 Å². The van der Waals surface area contributed by atoms with Gasteiger partial charge in [-0.25, -0.2) is 4.31 Å². The Morgan fingerprint density at radius 2 is 2.07 bits per heavy atom. The molecule has 10 heteroatoms. The Hall–Kier alpha value is -1.94. The molecule has 29 heavy (non-hydrogen) atoms. The van der Waals surface area contributed by atoms with Gasteiger partial charge in [0.1, 0.15) is 5.70 Å². The Bertz CT molecular complexity index is 835. The summed E-state index contributed by atoms with van der Waals surface area (Å²) in [7, 11) is 0. The van der Waals surface area contributed by atoms with E-state index in [0.29, 0.717) is 36.1 Å². The van der Waals surface area contributed by atoms with E-state index in [4.69, 9.17) is 21.7 Å². The molecule has 158 valence electrons. The summed E-state index contributed by atoms with van der Waals surface area (Å²) in [5.74, 6) is -0.408. The van der Waals surface area contributed by atoms with Gasteiger partial charge < -0.3 is 24.9 Å². The van der Waals surface area contributed by atoms with E-state index in [-0.39, 0.29) is 24.3 Å². The van der Waals surface area contributed by atoms with E-state index in [0.717, 1.165) is 19.1 Å². The van der Waals surface area contributed by atoms with Crippen LogP contribution in [0.5, 0.6) is 0 Å². The first-order valence-electron chi connectivity index (χ1n) is 9.35. The smallest absolute Gasteiger partial charge is 0.293 e. The highest BCUT2D eigenvalue weighted by Gasteiger charge is 2.39. The van der Waals surface area contributed by atoms with Gasteiger partial charge in [-0.1, -0.05) is 24.6 Å². The number of ether oxygens (including phenoxy) is 1. The van der Waals surface area contributed by atoms with Gasteiger partial charge in [0.25, 0.3) is 5.91 Å². The van der Waals surface area contributed by atoms with Crippen LogP contribution in [-0.4, -0.2) is 62.9 Å². The normalized spacial score (nSPS) is 20.4. The molecule has 0 radical (unpaired) electrons.